The van der Waals surface area contributed by atoms with Crippen LogP contribution in [0.15, 0.2) is 24.3 Å². The number of benzene rings is 1. The Balaban J connectivity index is 0.00000264. The van der Waals surface area contributed by atoms with E-state index in [1.807, 2.05) is 31.2 Å². The van der Waals surface area contributed by atoms with Crippen molar-refractivity contribution in [3.8, 4) is 0 Å². The molecule has 1 aromatic rings. The first-order valence-corrected chi connectivity index (χ1v) is 9.20. The molecule has 0 aromatic heterocycles. The van der Waals surface area contributed by atoms with Crippen molar-refractivity contribution in [1.29, 1.82) is 0 Å². The molecule has 1 aromatic carbocycles. The number of hydrogen-bond acceptors (Lipinski definition) is 4. The van der Waals surface area contributed by atoms with Gasteiger partial charge in [-0.05, 0) is 24.6 Å². The molecule has 0 radical (unpaired) electrons. The molecular weight excluding hydrogens is 338 g/mol. The van der Waals surface area contributed by atoms with E-state index in [4.69, 9.17) is 0 Å². The molecule has 130 valence electrons. The number of anilines is 1. The predicted octanol–water partition coefficient (Wildman–Crippen LogP) is 1.58. The Hall–Kier alpha value is -1.15. The predicted molar refractivity (Wildman–Crippen MR) is 94.3 cm³/mol. The van der Waals surface area contributed by atoms with Crippen LogP contribution in [-0.4, -0.2) is 44.0 Å². The van der Waals surface area contributed by atoms with Crippen LogP contribution in [0.3, 0.4) is 0 Å². The van der Waals surface area contributed by atoms with E-state index >= 15 is 0 Å². The SMILES string of the molecule is CCNCc1ccccc1NC(=O)CCN1CCCS1(=O)=O.Cl. The van der Waals surface area contributed by atoms with E-state index < -0.39 is 10.0 Å². The molecule has 0 saturated carbocycles. The molecular formula is C15H24ClN3O3S. The second-order valence-electron chi connectivity index (χ2n) is 5.30. The number of carbonyl (C=O) groups is 1. The van der Waals surface area contributed by atoms with Crippen molar-refractivity contribution in [3.63, 3.8) is 0 Å². The molecule has 1 heterocycles. The quantitative estimate of drug-likeness (QED) is 0.773. The summed E-state index contributed by atoms with van der Waals surface area (Å²) in [7, 11) is -3.13. The maximum Gasteiger partial charge on any atom is 0.225 e. The van der Waals surface area contributed by atoms with E-state index in [2.05, 4.69) is 10.6 Å². The number of para-hydroxylation sites is 1. The molecule has 23 heavy (non-hydrogen) atoms. The molecule has 0 atom stereocenters. The summed E-state index contributed by atoms with van der Waals surface area (Å²) >= 11 is 0. The first kappa shape index (κ1) is 19.9. The van der Waals surface area contributed by atoms with E-state index in [0.29, 0.717) is 19.5 Å². The summed E-state index contributed by atoms with van der Waals surface area (Å²) < 4.78 is 24.8. The number of nitrogens with one attached hydrogen (secondary N) is 2. The lowest BCUT2D eigenvalue weighted by molar-refractivity contribution is -0.116. The average molecular weight is 362 g/mol. The second-order valence-corrected chi connectivity index (χ2v) is 7.39. The second kappa shape index (κ2) is 9.22. The lowest BCUT2D eigenvalue weighted by Gasteiger charge is -2.15. The van der Waals surface area contributed by atoms with Gasteiger partial charge in [0.1, 0.15) is 0 Å². The molecule has 1 fully saturated rings. The van der Waals surface area contributed by atoms with Gasteiger partial charge in [-0.25, -0.2) is 12.7 Å². The number of hydrogen-bond donors (Lipinski definition) is 2. The van der Waals surface area contributed by atoms with Gasteiger partial charge in [0.15, 0.2) is 0 Å². The zero-order valence-electron chi connectivity index (χ0n) is 13.2. The van der Waals surface area contributed by atoms with Gasteiger partial charge in [0.05, 0.1) is 5.75 Å². The molecule has 6 nitrogen and oxygen atoms in total. The van der Waals surface area contributed by atoms with Crippen LogP contribution in [0.5, 0.6) is 0 Å². The van der Waals surface area contributed by atoms with Crippen molar-refractivity contribution in [2.75, 3.05) is 30.7 Å². The monoisotopic (exact) mass is 361 g/mol. The molecule has 2 N–H and O–H groups in total. The van der Waals surface area contributed by atoms with Crippen LogP contribution >= 0.6 is 12.4 Å². The first-order valence-electron chi connectivity index (χ1n) is 7.59. The lowest BCUT2D eigenvalue weighted by Crippen LogP contribution is -2.29. The summed E-state index contributed by atoms with van der Waals surface area (Å²) in [5.41, 5.74) is 1.80. The van der Waals surface area contributed by atoms with Gasteiger partial charge in [-0.2, -0.15) is 0 Å². The maximum absolute atomic E-state index is 12.1. The Kier molecular flexibility index (Phi) is 7.98. The van der Waals surface area contributed by atoms with E-state index in [1.54, 1.807) is 0 Å². The number of rotatable bonds is 7. The normalized spacial score (nSPS) is 16.7. The fourth-order valence-electron chi connectivity index (χ4n) is 2.44. The van der Waals surface area contributed by atoms with E-state index in [0.717, 1.165) is 17.8 Å². The fraction of sp³-hybridized carbons (Fsp3) is 0.533. The van der Waals surface area contributed by atoms with Crippen LogP contribution < -0.4 is 10.6 Å². The van der Waals surface area contributed by atoms with E-state index in [9.17, 15) is 13.2 Å². The molecule has 1 aliphatic rings. The van der Waals surface area contributed by atoms with Crippen LogP contribution in [-0.2, 0) is 21.4 Å². The topological polar surface area (TPSA) is 78.5 Å². The van der Waals surface area contributed by atoms with Gasteiger partial charge in [-0.3, -0.25) is 4.79 Å². The largest absolute Gasteiger partial charge is 0.326 e. The van der Waals surface area contributed by atoms with E-state index in [-0.39, 0.29) is 37.0 Å². The van der Waals surface area contributed by atoms with E-state index in [1.165, 1.54) is 4.31 Å². The first-order chi connectivity index (χ1) is 10.5. The minimum Gasteiger partial charge on any atom is -0.326 e. The smallest absolute Gasteiger partial charge is 0.225 e. The van der Waals surface area contributed by atoms with Crippen LogP contribution in [0.4, 0.5) is 5.69 Å². The summed E-state index contributed by atoms with van der Waals surface area (Å²) in [6, 6.07) is 7.62. The average Bonchev–Trinajstić information content (AvgIpc) is 2.83. The summed E-state index contributed by atoms with van der Waals surface area (Å²) in [5, 5.41) is 6.10. The Morgan fingerprint density at radius 3 is 2.70 bits per heavy atom. The molecule has 0 bridgehead atoms. The van der Waals surface area contributed by atoms with Crippen molar-refractivity contribution < 1.29 is 13.2 Å². The van der Waals surface area contributed by atoms with Gasteiger partial charge in [0.25, 0.3) is 0 Å². The summed E-state index contributed by atoms with van der Waals surface area (Å²) in [6.07, 6.45) is 0.824. The van der Waals surface area contributed by atoms with Crippen LogP contribution in [0, 0.1) is 0 Å². The zero-order chi connectivity index (χ0) is 16.0. The lowest BCUT2D eigenvalue weighted by atomic mass is 10.1. The maximum atomic E-state index is 12.1. The highest BCUT2D eigenvalue weighted by atomic mass is 35.5. The molecule has 1 aliphatic heterocycles. The third-order valence-electron chi connectivity index (χ3n) is 3.65. The Bertz CT molecular complexity index is 622. The number of sulfonamides is 1. The Morgan fingerprint density at radius 2 is 2.04 bits per heavy atom. The van der Waals surface area contributed by atoms with Crippen molar-refractivity contribution >= 4 is 34.0 Å². The molecule has 0 aliphatic carbocycles. The zero-order valence-corrected chi connectivity index (χ0v) is 14.9. The van der Waals surface area contributed by atoms with Crippen molar-refractivity contribution in [1.82, 2.24) is 9.62 Å². The number of nitrogens with zero attached hydrogens (tertiary/aromatic N) is 1. The third kappa shape index (κ3) is 5.76. The summed E-state index contributed by atoms with van der Waals surface area (Å²) in [6.45, 7) is 4.34. The third-order valence-corrected chi connectivity index (χ3v) is 5.60. The van der Waals surface area contributed by atoms with Crippen LogP contribution in [0.1, 0.15) is 25.3 Å². The standard InChI is InChI=1S/C15H23N3O3S.ClH/c1-2-16-12-13-6-3-4-7-14(13)17-15(19)8-10-18-9-5-11-22(18,20)21;/h3-4,6-7,16H,2,5,8-12H2,1H3,(H,17,19);1H. The number of carbonyl (C=O) groups excluding carboxylic acids is 1. The fourth-order valence-corrected chi connectivity index (χ4v) is 3.97. The van der Waals surface area contributed by atoms with Gasteiger partial charge in [0.2, 0.25) is 15.9 Å². The van der Waals surface area contributed by atoms with Gasteiger partial charge >= 0.3 is 0 Å². The Labute approximate surface area is 144 Å². The van der Waals surface area contributed by atoms with Gasteiger partial charge in [-0.1, -0.05) is 25.1 Å². The van der Waals surface area contributed by atoms with Crippen molar-refractivity contribution in [3.05, 3.63) is 29.8 Å². The number of amides is 1. The highest BCUT2D eigenvalue weighted by molar-refractivity contribution is 7.89. The van der Waals surface area contributed by atoms with Crippen LogP contribution in [0.25, 0.3) is 0 Å². The molecule has 1 saturated heterocycles. The molecule has 1 amide bonds. The number of halogens is 1. The molecule has 2 rings (SSSR count). The highest BCUT2D eigenvalue weighted by Gasteiger charge is 2.28. The summed E-state index contributed by atoms with van der Waals surface area (Å²) in [5.74, 6) is 0.0335. The van der Waals surface area contributed by atoms with Crippen LogP contribution in [0.2, 0.25) is 0 Å². The van der Waals surface area contributed by atoms with Gasteiger partial charge in [-0.15, -0.1) is 12.4 Å². The van der Waals surface area contributed by atoms with Gasteiger partial charge < -0.3 is 10.6 Å². The van der Waals surface area contributed by atoms with Gasteiger partial charge in [0, 0.05) is 31.7 Å². The molecule has 0 unspecified atom stereocenters. The summed E-state index contributed by atoms with van der Waals surface area (Å²) in [4.78, 5) is 12.1. The molecule has 8 heteroatoms. The minimum absolute atomic E-state index is 0. The van der Waals surface area contributed by atoms with Crippen molar-refractivity contribution in [2.45, 2.75) is 26.3 Å². The van der Waals surface area contributed by atoms with Crippen molar-refractivity contribution in [2.24, 2.45) is 0 Å². The Morgan fingerprint density at radius 1 is 1.30 bits per heavy atom. The highest BCUT2D eigenvalue weighted by Crippen LogP contribution is 2.16. The minimum atomic E-state index is -3.13. The molecule has 0 spiro atoms.